The highest BCUT2D eigenvalue weighted by atomic mass is 16.8. The molecule has 6 saturated heterocycles. The Bertz CT molecular complexity index is 1520. The maximum Gasteiger partial charge on any atom is 0.224 e. The van der Waals surface area contributed by atoms with Gasteiger partial charge in [-0.05, 0) is 0 Å². The smallest absolute Gasteiger partial charge is 0.224 e. The van der Waals surface area contributed by atoms with Gasteiger partial charge in [0.1, 0.15) is 147 Å². The zero-order valence-corrected chi connectivity index (χ0v) is 35.1. The maximum absolute atomic E-state index is 11.2. The first-order valence-corrected chi connectivity index (χ1v) is 21.1. The molecule has 0 bridgehead atoms. The van der Waals surface area contributed by atoms with Crippen LogP contribution in [0.3, 0.4) is 0 Å². The van der Waals surface area contributed by atoms with E-state index in [1.165, 1.54) is 0 Å². The van der Waals surface area contributed by atoms with Crippen LogP contribution in [-0.2, 0) is 52.1 Å². The molecule has 392 valence electrons. The summed E-state index contributed by atoms with van der Waals surface area (Å²) in [5.41, 5.74) is 0. The van der Waals surface area contributed by atoms with Gasteiger partial charge in [-0.15, -0.1) is 0 Å². The van der Waals surface area contributed by atoms with Gasteiger partial charge < -0.3 is 154 Å². The highest BCUT2D eigenvalue weighted by molar-refractivity contribution is 5.01. The molecule has 0 aromatic heterocycles. The molecule has 0 aromatic rings. The van der Waals surface area contributed by atoms with Crippen molar-refractivity contribution in [3.8, 4) is 0 Å². The maximum atomic E-state index is 11.2. The van der Waals surface area contributed by atoms with Crippen molar-refractivity contribution in [3.63, 3.8) is 0 Å². The Labute approximate surface area is 378 Å². The quantitative estimate of drug-likeness (QED) is 0.0643. The van der Waals surface area contributed by atoms with Crippen molar-refractivity contribution in [3.05, 3.63) is 0 Å². The zero-order chi connectivity index (χ0) is 49.4. The Balaban J connectivity index is 1.07. The lowest BCUT2D eigenvalue weighted by Crippen LogP contribution is -2.68. The standard InChI is InChI=1S/C36H62O31/c37-1-8-14(44)16(46)21(51)31(57-8)62-26-10(3-39)58-32(22(52)17(26)47)63-27-11(4-40)59-33(23(53)18(27)48)64-28-12(5-41)60-34(24(54)19(28)49)65-29-13(6-42)61-35(25(55)20(29)50)67-36(7-43)30(56)15(45)9(2-38)66-36/h8-35,37-56H,1-7H2/t8-,9-,10-,11-,12-,13-,14-,15-,16+,17-,18-,19-,20-,21-,22-,23-,24-,25-,26-,27-,28-,29-,30+,31-,32-,33-,34-,35-,36+/m1/s1. The molecular formula is C36H62O31. The summed E-state index contributed by atoms with van der Waals surface area (Å²) in [7, 11) is 0. The lowest BCUT2D eigenvalue weighted by molar-refractivity contribution is -0.405. The summed E-state index contributed by atoms with van der Waals surface area (Å²) in [6.07, 6.45) is -53.2. The highest BCUT2D eigenvalue weighted by Gasteiger charge is 2.60. The van der Waals surface area contributed by atoms with Crippen molar-refractivity contribution in [1.29, 1.82) is 0 Å². The Morgan fingerprint density at radius 2 is 0.582 bits per heavy atom. The number of hydrogen-bond acceptors (Lipinski definition) is 31. The van der Waals surface area contributed by atoms with Crippen LogP contribution in [0.15, 0.2) is 0 Å². The van der Waals surface area contributed by atoms with Crippen molar-refractivity contribution >= 4 is 0 Å². The third-order valence-electron chi connectivity index (χ3n) is 12.5. The van der Waals surface area contributed by atoms with Crippen LogP contribution in [0.2, 0.25) is 0 Å². The average molecular weight is 991 g/mol. The van der Waals surface area contributed by atoms with E-state index in [0.717, 1.165) is 0 Å². The molecule has 0 amide bonds. The Morgan fingerprint density at radius 1 is 0.299 bits per heavy atom. The second-order valence-electron chi connectivity index (χ2n) is 16.8. The molecule has 6 heterocycles. The fraction of sp³-hybridized carbons (Fsp3) is 1.00. The van der Waals surface area contributed by atoms with E-state index < -0.39 is 224 Å². The zero-order valence-electron chi connectivity index (χ0n) is 35.1. The summed E-state index contributed by atoms with van der Waals surface area (Å²) >= 11 is 0. The molecule has 0 radical (unpaired) electrons. The van der Waals surface area contributed by atoms with Gasteiger partial charge in [0.05, 0.1) is 39.6 Å². The highest BCUT2D eigenvalue weighted by Crippen LogP contribution is 2.39. The molecule has 20 N–H and O–H groups in total. The van der Waals surface area contributed by atoms with Crippen molar-refractivity contribution in [2.45, 2.75) is 178 Å². The fourth-order valence-corrected chi connectivity index (χ4v) is 8.58. The first kappa shape index (κ1) is 55.1. The molecular weight excluding hydrogens is 928 g/mol. The minimum Gasteiger partial charge on any atom is -0.394 e. The normalized spacial score (nSPS) is 53.2. The molecule has 0 aliphatic carbocycles. The minimum atomic E-state index is -2.50. The van der Waals surface area contributed by atoms with Gasteiger partial charge in [-0.2, -0.15) is 0 Å². The van der Waals surface area contributed by atoms with Gasteiger partial charge in [0.25, 0.3) is 0 Å². The van der Waals surface area contributed by atoms with Gasteiger partial charge >= 0.3 is 0 Å². The van der Waals surface area contributed by atoms with Crippen molar-refractivity contribution in [2.75, 3.05) is 46.2 Å². The molecule has 0 spiro atoms. The summed E-state index contributed by atoms with van der Waals surface area (Å²) in [5, 5.41) is 209. The van der Waals surface area contributed by atoms with Crippen LogP contribution in [0.4, 0.5) is 0 Å². The van der Waals surface area contributed by atoms with Crippen molar-refractivity contribution in [1.82, 2.24) is 0 Å². The molecule has 31 nitrogen and oxygen atoms in total. The molecule has 6 rings (SSSR count). The van der Waals surface area contributed by atoms with Crippen LogP contribution in [0, 0.1) is 0 Å². The lowest BCUT2D eigenvalue weighted by atomic mass is 9.95. The Kier molecular flexibility index (Phi) is 19.0. The molecule has 0 aromatic carbocycles. The fourth-order valence-electron chi connectivity index (χ4n) is 8.58. The largest absolute Gasteiger partial charge is 0.394 e. The van der Waals surface area contributed by atoms with E-state index in [9.17, 15) is 102 Å². The van der Waals surface area contributed by atoms with E-state index >= 15 is 0 Å². The van der Waals surface area contributed by atoms with Gasteiger partial charge in [0.2, 0.25) is 5.79 Å². The molecule has 31 heteroatoms. The summed E-state index contributed by atoms with van der Waals surface area (Å²) in [4.78, 5) is 0. The summed E-state index contributed by atoms with van der Waals surface area (Å²) in [5.74, 6) is -2.50. The van der Waals surface area contributed by atoms with Crippen LogP contribution >= 0.6 is 0 Å². The predicted octanol–water partition coefficient (Wildman–Crippen LogP) is -14.1. The van der Waals surface area contributed by atoms with Crippen molar-refractivity contribution in [2.24, 2.45) is 0 Å². The van der Waals surface area contributed by atoms with E-state index in [1.807, 2.05) is 0 Å². The van der Waals surface area contributed by atoms with Crippen molar-refractivity contribution < 1.29 is 154 Å². The van der Waals surface area contributed by atoms with Crippen LogP contribution in [-0.4, -0.2) is 326 Å². The summed E-state index contributed by atoms with van der Waals surface area (Å²) in [6, 6.07) is 0. The molecule has 29 atom stereocenters. The van der Waals surface area contributed by atoms with Crippen LogP contribution in [0.1, 0.15) is 0 Å². The Hall–Kier alpha value is -1.24. The third-order valence-corrected chi connectivity index (χ3v) is 12.5. The molecule has 6 fully saturated rings. The number of aliphatic hydroxyl groups excluding tert-OH is 20. The Morgan fingerprint density at radius 3 is 0.881 bits per heavy atom. The van der Waals surface area contributed by atoms with Crippen LogP contribution < -0.4 is 0 Å². The van der Waals surface area contributed by atoms with Crippen LogP contribution in [0.25, 0.3) is 0 Å². The van der Waals surface area contributed by atoms with E-state index in [2.05, 4.69) is 0 Å². The molecule has 6 aliphatic rings. The minimum absolute atomic E-state index is 0.829. The monoisotopic (exact) mass is 990 g/mol. The first-order valence-electron chi connectivity index (χ1n) is 21.1. The third kappa shape index (κ3) is 10.8. The van der Waals surface area contributed by atoms with Gasteiger partial charge in [-0.3, -0.25) is 0 Å². The topological polar surface area (TPSA) is 506 Å². The van der Waals surface area contributed by atoms with Gasteiger partial charge in [-0.1, -0.05) is 0 Å². The van der Waals surface area contributed by atoms with E-state index in [4.69, 9.17) is 52.1 Å². The molecule has 6 aliphatic heterocycles. The number of aliphatic hydroxyl groups is 20. The van der Waals surface area contributed by atoms with Gasteiger partial charge in [0.15, 0.2) is 31.5 Å². The number of rotatable bonds is 17. The van der Waals surface area contributed by atoms with E-state index in [1.54, 1.807) is 0 Å². The molecule has 67 heavy (non-hydrogen) atoms. The van der Waals surface area contributed by atoms with Crippen LogP contribution in [0.5, 0.6) is 0 Å². The predicted molar refractivity (Wildman–Crippen MR) is 199 cm³/mol. The second-order valence-corrected chi connectivity index (χ2v) is 16.8. The lowest BCUT2D eigenvalue weighted by Gasteiger charge is -2.49. The van der Waals surface area contributed by atoms with E-state index in [0.29, 0.717) is 0 Å². The molecule has 0 unspecified atom stereocenters. The number of hydrogen-bond donors (Lipinski definition) is 20. The average Bonchev–Trinajstić information content (AvgIpc) is 3.57. The molecule has 0 saturated carbocycles. The number of ether oxygens (including phenoxy) is 11. The first-order chi connectivity index (χ1) is 31.8. The van der Waals surface area contributed by atoms with Gasteiger partial charge in [0, 0.05) is 0 Å². The second kappa shape index (κ2) is 23.1. The van der Waals surface area contributed by atoms with E-state index in [-0.39, 0.29) is 0 Å². The SMILES string of the molecule is OC[C@H]1O[C@@](CO)(O[C@H]2O[C@H](CO)[C@@H](O[C@H]3O[C@H](CO)[C@@H](O[C@H]4O[C@H](CO)[C@@H](O[C@H]5O[C@H](CO)[C@@H](O[C@H]6O[C@H](CO)[C@@H](O)[C@H](O)[C@H]6O)[C@H](O)[C@H]5O)[C@H](O)[C@H]4O)[C@H](O)[C@H]3O)[C@H](O)[C@H]2O)[C@@H](O)[C@@H]1O. The van der Waals surface area contributed by atoms with Gasteiger partial charge in [-0.25, -0.2) is 0 Å². The summed E-state index contributed by atoms with van der Waals surface area (Å²) < 4.78 is 60.7. The summed E-state index contributed by atoms with van der Waals surface area (Å²) in [6.45, 7) is -6.84.